The van der Waals surface area contributed by atoms with Crippen LogP contribution in [0.3, 0.4) is 0 Å². The van der Waals surface area contributed by atoms with Crippen LogP contribution in [0.25, 0.3) is 16.8 Å². The topological polar surface area (TPSA) is 24.9 Å². The molecular weight excluding hydrogens is 232 g/mol. The van der Waals surface area contributed by atoms with Gasteiger partial charge in [-0.1, -0.05) is 36.4 Å². The van der Waals surface area contributed by atoms with E-state index in [1.165, 1.54) is 11.1 Å². The van der Waals surface area contributed by atoms with Gasteiger partial charge in [0.1, 0.15) is 0 Å². The number of aromatic nitrogens is 1. The molecule has 0 aliphatic rings. The molecule has 0 atom stereocenters. The van der Waals surface area contributed by atoms with Crippen LogP contribution in [0.4, 0.5) is 0 Å². The molecular formula is C17H20N2. The van der Waals surface area contributed by atoms with E-state index in [1.54, 1.807) is 0 Å². The number of rotatable bonds is 4. The van der Waals surface area contributed by atoms with Crippen molar-refractivity contribution in [2.75, 3.05) is 6.54 Å². The van der Waals surface area contributed by atoms with Crippen molar-refractivity contribution in [1.29, 1.82) is 0 Å². The van der Waals surface area contributed by atoms with Gasteiger partial charge in [-0.15, -0.1) is 0 Å². The Morgan fingerprint density at radius 1 is 1.21 bits per heavy atom. The summed E-state index contributed by atoms with van der Waals surface area (Å²) in [5.41, 5.74) is 6.58. The number of hydrogen-bond acceptors (Lipinski definition) is 2. The van der Waals surface area contributed by atoms with Crippen LogP contribution >= 0.6 is 0 Å². The highest BCUT2D eigenvalue weighted by Crippen LogP contribution is 2.23. The summed E-state index contributed by atoms with van der Waals surface area (Å²) in [6.45, 7) is 11.1. The van der Waals surface area contributed by atoms with Gasteiger partial charge in [-0.3, -0.25) is 4.98 Å². The molecule has 1 aromatic heterocycles. The van der Waals surface area contributed by atoms with Gasteiger partial charge in [0, 0.05) is 18.3 Å². The summed E-state index contributed by atoms with van der Waals surface area (Å²) >= 11 is 0. The lowest BCUT2D eigenvalue weighted by atomic mass is 10.0. The minimum atomic E-state index is 0.861. The molecule has 0 fully saturated rings. The van der Waals surface area contributed by atoms with Crippen LogP contribution in [-0.2, 0) is 0 Å². The predicted octanol–water partition coefficient (Wildman–Crippen LogP) is 3.95. The van der Waals surface area contributed by atoms with E-state index < -0.39 is 0 Å². The van der Waals surface area contributed by atoms with Crippen LogP contribution in [-0.4, -0.2) is 11.5 Å². The van der Waals surface area contributed by atoms with Crippen molar-refractivity contribution in [3.05, 3.63) is 59.9 Å². The Kier molecular flexibility index (Phi) is 4.00. The molecule has 2 rings (SSSR count). The smallest absolute Gasteiger partial charge is 0.0884 e. The van der Waals surface area contributed by atoms with Gasteiger partial charge in [-0.25, -0.2) is 0 Å². The second-order valence-electron chi connectivity index (χ2n) is 4.77. The molecule has 0 bridgehead atoms. The monoisotopic (exact) mass is 252 g/mol. The maximum atomic E-state index is 4.54. The molecule has 2 heteroatoms. The Bertz CT molecular complexity index is 600. The first-order valence-electron chi connectivity index (χ1n) is 6.58. The van der Waals surface area contributed by atoms with E-state index in [9.17, 15) is 0 Å². The molecule has 0 radical (unpaired) electrons. The fourth-order valence-corrected chi connectivity index (χ4v) is 2.17. The highest BCUT2D eigenvalue weighted by molar-refractivity contribution is 5.68. The number of pyridine rings is 1. The lowest BCUT2D eigenvalue weighted by Crippen LogP contribution is -2.12. The zero-order valence-electron chi connectivity index (χ0n) is 11.8. The van der Waals surface area contributed by atoms with E-state index >= 15 is 0 Å². The lowest BCUT2D eigenvalue weighted by molar-refractivity contribution is 0.930. The summed E-state index contributed by atoms with van der Waals surface area (Å²) in [4.78, 5) is 4.54. The maximum absolute atomic E-state index is 4.54. The molecule has 0 unspecified atom stereocenters. The van der Waals surface area contributed by atoms with E-state index in [-0.39, 0.29) is 0 Å². The van der Waals surface area contributed by atoms with Gasteiger partial charge in [0.25, 0.3) is 0 Å². The molecule has 2 aromatic rings. The molecule has 0 spiro atoms. The first-order valence-corrected chi connectivity index (χ1v) is 6.58. The van der Waals surface area contributed by atoms with Gasteiger partial charge in [0.15, 0.2) is 0 Å². The third-order valence-electron chi connectivity index (χ3n) is 3.11. The van der Waals surface area contributed by atoms with E-state index in [0.29, 0.717) is 0 Å². The molecule has 19 heavy (non-hydrogen) atoms. The third-order valence-corrected chi connectivity index (χ3v) is 3.11. The molecule has 2 nitrogen and oxygen atoms in total. The Hall–Kier alpha value is -2.09. The maximum Gasteiger partial charge on any atom is 0.0884 e. The molecule has 98 valence electrons. The Morgan fingerprint density at radius 3 is 2.63 bits per heavy atom. The first kappa shape index (κ1) is 13.3. The fourth-order valence-electron chi connectivity index (χ4n) is 2.17. The average molecular weight is 252 g/mol. The minimum absolute atomic E-state index is 0.861. The number of aryl methyl sites for hydroxylation is 2. The predicted molar refractivity (Wildman–Crippen MR) is 81.9 cm³/mol. The highest BCUT2D eigenvalue weighted by atomic mass is 14.9. The SMILES string of the molecule is C=C(NCC)c1ncc(-c2cccc(C)c2)cc1C. The van der Waals surface area contributed by atoms with Crippen LogP contribution in [0.15, 0.2) is 43.1 Å². The molecule has 0 saturated heterocycles. The van der Waals surface area contributed by atoms with Crippen molar-refractivity contribution >= 4 is 5.70 Å². The first-order chi connectivity index (χ1) is 9.11. The van der Waals surface area contributed by atoms with Gasteiger partial charge < -0.3 is 5.32 Å². The summed E-state index contributed by atoms with van der Waals surface area (Å²) < 4.78 is 0. The van der Waals surface area contributed by atoms with E-state index in [0.717, 1.165) is 29.1 Å². The zero-order valence-corrected chi connectivity index (χ0v) is 11.8. The molecule has 1 aromatic carbocycles. The van der Waals surface area contributed by atoms with E-state index in [1.807, 2.05) is 6.20 Å². The van der Waals surface area contributed by atoms with Crippen LogP contribution in [0.1, 0.15) is 23.7 Å². The second-order valence-corrected chi connectivity index (χ2v) is 4.77. The van der Waals surface area contributed by atoms with Gasteiger partial charge in [0.05, 0.1) is 11.4 Å². The number of benzene rings is 1. The van der Waals surface area contributed by atoms with Crippen LogP contribution in [0, 0.1) is 13.8 Å². The molecule has 0 saturated carbocycles. The van der Waals surface area contributed by atoms with Crippen molar-refractivity contribution in [1.82, 2.24) is 10.3 Å². The molecule has 1 heterocycles. The Balaban J connectivity index is 2.36. The van der Waals surface area contributed by atoms with Crippen molar-refractivity contribution in [3.63, 3.8) is 0 Å². The molecule has 0 aliphatic carbocycles. The van der Waals surface area contributed by atoms with Crippen LogP contribution < -0.4 is 5.32 Å². The Morgan fingerprint density at radius 2 is 2.00 bits per heavy atom. The van der Waals surface area contributed by atoms with Gasteiger partial charge in [-0.2, -0.15) is 0 Å². The van der Waals surface area contributed by atoms with Gasteiger partial charge in [-0.05, 0) is 38.0 Å². The number of hydrogen-bond donors (Lipinski definition) is 1. The van der Waals surface area contributed by atoms with Gasteiger partial charge >= 0.3 is 0 Å². The summed E-state index contributed by atoms with van der Waals surface area (Å²) in [6.07, 6.45) is 1.92. The van der Waals surface area contributed by atoms with Crippen LogP contribution in [0.5, 0.6) is 0 Å². The van der Waals surface area contributed by atoms with Crippen LogP contribution in [0.2, 0.25) is 0 Å². The third kappa shape index (κ3) is 3.02. The van der Waals surface area contributed by atoms with Crippen molar-refractivity contribution in [2.24, 2.45) is 0 Å². The molecule has 0 aliphatic heterocycles. The highest BCUT2D eigenvalue weighted by Gasteiger charge is 2.06. The fraction of sp³-hybridized carbons (Fsp3) is 0.235. The summed E-state index contributed by atoms with van der Waals surface area (Å²) in [5.74, 6) is 0. The van der Waals surface area contributed by atoms with E-state index in [4.69, 9.17) is 0 Å². The zero-order chi connectivity index (χ0) is 13.8. The minimum Gasteiger partial charge on any atom is -0.384 e. The number of nitrogens with one attached hydrogen (secondary N) is 1. The average Bonchev–Trinajstić information content (AvgIpc) is 2.38. The normalized spacial score (nSPS) is 10.3. The van der Waals surface area contributed by atoms with Crippen molar-refractivity contribution < 1.29 is 0 Å². The number of nitrogens with zero attached hydrogens (tertiary/aromatic N) is 1. The standard InChI is InChI=1S/C17H20N2/c1-5-18-14(4)17-13(3)10-16(11-19-17)15-8-6-7-12(2)9-15/h6-11,18H,4-5H2,1-3H3. The van der Waals surface area contributed by atoms with Crippen molar-refractivity contribution in [3.8, 4) is 11.1 Å². The second kappa shape index (κ2) is 5.70. The molecule has 0 amide bonds. The van der Waals surface area contributed by atoms with Gasteiger partial charge in [0.2, 0.25) is 0 Å². The molecule has 1 N–H and O–H groups in total. The quantitative estimate of drug-likeness (QED) is 0.891. The largest absolute Gasteiger partial charge is 0.384 e. The van der Waals surface area contributed by atoms with E-state index in [2.05, 4.69) is 68.0 Å². The van der Waals surface area contributed by atoms with Crippen molar-refractivity contribution in [2.45, 2.75) is 20.8 Å². The summed E-state index contributed by atoms with van der Waals surface area (Å²) in [5, 5.41) is 3.21. The lowest BCUT2D eigenvalue weighted by Gasteiger charge is -2.11. The summed E-state index contributed by atoms with van der Waals surface area (Å²) in [7, 11) is 0. The summed E-state index contributed by atoms with van der Waals surface area (Å²) in [6, 6.07) is 10.6. The Labute approximate surface area is 115 Å².